The van der Waals surface area contributed by atoms with Crippen molar-refractivity contribution in [2.45, 2.75) is 32.6 Å². The van der Waals surface area contributed by atoms with Gasteiger partial charge in [-0.05, 0) is 42.5 Å². The number of hydrogen-bond acceptors (Lipinski definition) is 6. The summed E-state index contributed by atoms with van der Waals surface area (Å²) in [7, 11) is 0. The Kier molecular flexibility index (Phi) is 7.45. The Bertz CT molecular complexity index is 1210. The Morgan fingerprint density at radius 1 is 1.09 bits per heavy atom. The maximum absolute atomic E-state index is 12.9. The number of ether oxygens (including phenoxy) is 1. The van der Waals surface area contributed by atoms with Gasteiger partial charge in [-0.3, -0.25) is 14.9 Å². The maximum atomic E-state index is 12.9. The molecular weight excluding hydrogens is 466 g/mol. The molecule has 1 heterocycles. The zero-order valence-corrected chi connectivity index (χ0v) is 20.4. The minimum atomic E-state index is -0.892. The molecule has 1 aliphatic rings. The van der Waals surface area contributed by atoms with E-state index in [0.29, 0.717) is 30.1 Å². The fourth-order valence-corrected chi connectivity index (χ4v) is 5.26. The van der Waals surface area contributed by atoms with Crippen LogP contribution >= 0.6 is 11.3 Å². The summed E-state index contributed by atoms with van der Waals surface area (Å²) in [5.74, 6) is -1.17. The van der Waals surface area contributed by atoms with Crippen molar-refractivity contribution in [1.82, 2.24) is 9.88 Å². The average molecular weight is 494 g/mol. The minimum absolute atomic E-state index is 0.0000421. The second kappa shape index (κ2) is 10.7. The van der Waals surface area contributed by atoms with Crippen LogP contribution in [0.15, 0.2) is 48.5 Å². The molecule has 8 nitrogen and oxygen atoms in total. The van der Waals surface area contributed by atoms with E-state index in [1.807, 2.05) is 31.2 Å². The monoisotopic (exact) mass is 493 g/mol. The van der Waals surface area contributed by atoms with Crippen LogP contribution in [0.2, 0.25) is 0 Å². The highest BCUT2D eigenvalue weighted by atomic mass is 32.1. The second-order valence-electron chi connectivity index (χ2n) is 8.27. The van der Waals surface area contributed by atoms with Crippen LogP contribution in [0, 0.1) is 6.92 Å². The number of rotatable bonds is 9. The van der Waals surface area contributed by atoms with Crippen LogP contribution in [0.25, 0.3) is 11.1 Å². The molecule has 0 saturated carbocycles. The van der Waals surface area contributed by atoms with Gasteiger partial charge in [0.2, 0.25) is 0 Å². The Morgan fingerprint density at radius 2 is 1.71 bits per heavy atom. The van der Waals surface area contributed by atoms with Crippen molar-refractivity contribution in [3.63, 3.8) is 0 Å². The first-order valence-electron chi connectivity index (χ1n) is 11.5. The molecule has 4 rings (SSSR count). The third-order valence-electron chi connectivity index (χ3n) is 6.03. The molecule has 0 aliphatic heterocycles. The Balaban J connectivity index is 1.39. The molecule has 35 heavy (non-hydrogen) atoms. The summed E-state index contributed by atoms with van der Waals surface area (Å²) >= 11 is 1.08. The van der Waals surface area contributed by atoms with E-state index in [1.165, 1.54) is 0 Å². The normalized spacial score (nSPS) is 12.1. The number of carbonyl (C=O) groups is 3. The lowest BCUT2D eigenvalue weighted by atomic mass is 9.98. The lowest BCUT2D eigenvalue weighted by Gasteiger charge is -2.19. The van der Waals surface area contributed by atoms with E-state index < -0.39 is 12.1 Å². The van der Waals surface area contributed by atoms with Crippen LogP contribution in [0.5, 0.6) is 0 Å². The van der Waals surface area contributed by atoms with Gasteiger partial charge in [-0.25, -0.2) is 9.78 Å². The SMILES string of the molecule is CCN(CCCC(=O)O)C(=O)c1sc(NC(=O)OCC2c3ccccc3-c3ccccc32)nc1C. The third kappa shape index (κ3) is 5.35. The van der Waals surface area contributed by atoms with Crippen LogP contribution < -0.4 is 5.32 Å². The molecule has 2 amide bonds. The zero-order valence-electron chi connectivity index (χ0n) is 19.6. The number of carbonyl (C=O) groups excluding carboxylic acids is 2. The number of anilines is 1. The topological polar surface area (TPSA) is 109 Å². The Labute approximate surface area is 207 Å². The van der Waals surface area contributed by atoms with Crippen molar-refractivity contribution in [2.24, 2.45) is 0 Å². The van der Waals surface area contributed by atoms with E-state index in [4.69, 9.17) is 9.84 Å². The van der Waals surface area contributed by atoms with Gasteiger partial charge in [-0.1, -0.05) is 59.9 Å². The summed E-state index contributed by atoms with van der Waals surface area (Å²) in [5.41, 5.74) is 5.06. The molecule has 1 aromatic heterocycles. The number of nitrogens with one attached hydrogen (secondary N) is 1. The van der Waals surface area contributed by atoms with Crippen molar-refractivity contribution in [1.29, 1.82) is 0 Å². The number of amides is 2. The van der Waals surface area contributed by atoms with Gasteiger partial charge in [0.25, 0.3) is 5.91 Å². The van der Waals surface area contributed by atoms with Gasteiger partial charge in [0.15, 0.2) is 5.13 Å². The number of benzene rings is 2. The number of aryl methyl sites for hydroxylation is 1. The van der Waals surface area contributed by atoms with Crippen molar-refractivity contribution in [3.05, 3.63) is 70.2 Å². The quantitative estimate of drug-likeness (QED) is 0.427. The minimum Gasteiger partial charge on any atom is -0.481 e. The van der Waals surface area contributed by atoms with E-state index in [0.717, 1.165) is 33.6 Å². The summed E-state index contributed by atoms with van der Waals surface area (Å²) < 4.78 is 5.56. The van der Waals surface area contributed by atoms with Gasteiger partial charge in [-0.15, -0.1) is 0 Å². The van der Waals surface area contributed by atoms with Gasteiger partial charge in [0.05, 0.1) is 5.69 Å². The number of carboxylic acids is 1. The lowest BCUT2D eigenvalue weighted by molar-refractivity contribution is -0.137. The van der Waals surface area contributed by atoms with Crippen molar-refractivity contribution >= 4 is 34.4 Å². The van der Waals surface area contributed by atoms with Crippen LogP contribution in [0.1, 0.15) is 52.2 Å². The maximum Gasteiger partial charge on any atom is 0.413 e. The smallest absolute Gasteiger partial charge is 0.413 e. The molecule has 3 aromatic rings. The summed E-state index contributed by atoms with van der Waals surface area (Å²) in [6.07, 6.45) is -0.258. The predicted octanol–water partition coefficient (Wildman–Crippen LogP) is 5.14. The molecular formula is C26H27N3O5S. The molecule has 1 aliphatic carbocycles. The number of hydrogen-bond donors (Lipinski definition) is 2. The van der Waals surface area contributed by atoms with Crippen LogP contribution in [0.3, 0.4) is 0 Å². The molecule has 182 valence electrons. The molecule has 0 fully saturated rings. The van der Waals surface area contributed by atoms with Crippen LogP contribution in [-0.2, 0) is 9.53 Å². The largest absolute Gasteiger partial charge is 0.481 e. The van der Waals surface area contributed by atoms with Crippen LogP contribution in [-0.4, -0.2) is 52.7 Å². The van der Waals surface area contributed by atoms with Gasteiger partial charge in [-0.2, -0.15) is 0 Å². The molecule has 0 spiro atoms. The van der Waals surface area contributed by atoms with Gasteiger partial charge in [0, 0.05) is 25.4 Å². The molecule has 0 unspecified atom stereocenters. The fraction of sp³-hybridized carbons (Fsp3) is 0.308. The van der Waals surface area contributed by atoms with E-state index in [-0.39, 0.29) is 30.0 Å². The van der Waals surface area contributed by atoms with Gasteiger partial charge < -0.3 is 14.7 Å². The summed E-state index contributed by atoms with van der Waals surface area (Å²) in [6.45, 7) is 4.52. The number of aliphatic carboxylic acids is 1. The Morgan fingerprint density at radius 3 is 2.31 bits per heavy atom. The molecule has 2 N–H and O–H groups in total. The predicted molar refractivity (Wildman–Crippen MR) is 134 cm³/mol. The first-order chi connectivity index (χ1) is 16.9. The molecule has 2 aromatic carbocycles. The van der Waals surface area contributed by atoms with Crippen molar-refractivity contribution in [3.8, 4) is 11.1 Å². The highest BCUT2D eigenvalue weighted by molar-refractivity contribution is 7.17. The highest BCUT2D eigenvalue weighted by Gasteiger charge is 2.29. The molecule has 0 radical (unpaired) electrons. The van der Waals surface area contributed by atoms with Crippen molar-refractivity contribution < 1.29 is 24.2 Å². The molecule has 0 bridgehead atoms. The van der Waals surface area contributed by atoms with Gasteiger partial charge >= 0.3 is 12.1 Å². The van der Waals surface area contributed by atoms with E-state index in [9.17, 15) is 14.4 Å². The molecule has 0 atom stereocenters. The van der Waals surface area contributed by atoms with Crippen LogP contribution in [0.4, 0.5) is 9.93 Å². The standard InChI is InChI=1S/C26H27N3O5S/c1-3-29(14-8-13-22(30)31)24(32)23-16(2)27-25(35-23)28-26(33)34-15-21-19-11-6-4-9-17(19)18-10-5-7-12-20(18)21/h4-7,9-12,21H,3,8,13-15H2,1-2H3,(H,30,31)(H,27,28,33). The van der Waals surface area contributed by atoms with Gasteiger partial charge in [0.1, 0.15) is 11.5 Å². The third-order valence-corrected chi connectivity index (χ3v) is 7.09. The number of aromatic nitrogens is 1. The second-order valence-corrected chi connectivity index (χ2v) is 9.27. The zero-order chi connectivity index (χ0) is 24.9. The highest BCUT2D eigenvalue weighted by Crippen LogP contribution is 2.44. The van der Waals surface area contributed by atoms with E-state index in [2.05, 4.69) is 34.6 Å². The molecule has 0 saturated heterocycles. The summed E-state index contributed by atoms with van der Waals surface area (Å²) in [6, 6.07) is 16.2. The average Bonchev–Trinajstić information content (AvgIpc) is 3.37. The molecule has 9 heteroatoms. The number of fused-ring (bicyclic) bond motifs is 3. The fourth-order valence-electron chi connectivity index (χ4n) is 4.34. The van der Waals surface area contributed by atoms with E-state index >= 15 is 0 Å². The number of thiazole rings is 1. The van der Waals surface area contributed by atoms with Crippen molar-refractivity contribution in [2.75, 3.05) is 25.0 Å². The van der Waals surface area contributed by atoms with E-state index in [1.54, 1.807) is 11.8 Å². The first-order valence-corrected chi connectivity index (χ1v) is 12.3. The first kappa shape index (κ1) is 24.4. The lowest BCUT2D eigenvalue weighted by Crippen LogP contribution is -2.32. The number of nitrogens with zero attached hydrogens (tertiary/aromatic N) is 2. The summed E-state index contributed by atoms with van der Waals surface area (Å²) in [4.78, 5) is 42.5. The summed E-state index contributed by atoms with van der Waals surface area (Å²) in [5, 5.41) is 11.8. The number of carboxylic acid groups (broad SMARTS) is 1. The Hall–Kier alpha value is -3.72.